The number of carbonyl (C=O) groups is 2. The number of pyridine rings is 1. The Morgan fingerprint density at radius 2 is 2.00 bits per heavy atom. The first-order valence-corrected chi connectivity index (χ1v) is 12.7. The van der Waals surface area contributed by atoms with Gasteiger partial charge in [-0.1, -0.05) is 24.3 Å². The van der Waals surface area contributed by atoms with E-state index >= 15 is 0 Å². The molecular formula is C29H30N4O3. The van der Waals surface area contributed by atoms with Gasteiger partial charge < -0.3 is 10.4 Å². The van der Waals surface area contributed by atoms with E-state index in [1.54, 1.807) is 18.3 Å². The molecule has 184 valence electrons. The summed E-state index contributed by atoms with van der Waals surface area (Å²) in [6.45, 7) is 0. The van der Waals surface area contributed by atoms with Crippen molar-refractivity contribution in [1.82, 2.24) is 20.3 Å². The molecule has 0 fully saturated rings. The molecular weight excluding hydrogens is 452 g/mol. The number of benzene rings is 1. The van der Waals surface area contributed by atoms with Crippen LogP contribution in [0.2, 0.25) is 0 Å². The molecule has 0 bridgehead atoms. The fraction of sp³-hybridized carbons (Fsp3) is 0.345. The van der Waals surface area contributed by atoms with Crippen molar-refractivity contribution in [3.63, 3.8) is 0 Å². The van der Waals surface area contributed by atoms with Gasteiger partial charge in [0.1, 0.15) is 0 Å². The Morgan fingerprint density at radius 1 is 1.08 bits per heavy atom. The van der Waals surface area contributed by atoms with E-state index in [1.165, 1.54) is 0 Å². The molecule has 36 heavy (non-hydrogen) atoms. The van der Waals surface area contributed by atoms with Crippen LogP contribution < -0.4 is 5.32 Å². The molecule has 0 aliphatic heterocycles. The van der Waals surface area contributed by atoms with Gasteiger partial charge in [0.2, 0.25) is 0 Å². The highest BCUT2D eigenvalue weighted by molar-refractivity contribution is 5.97. The minimum atomic E-state index is -0.787. The predicted octanol–water partition coefficient (Wildman–Crippen LogP) is 5.36. The molecule has 2 N–H and O–H groups in total. The van der Waals surface area contributed by atoms with Crippen molar-refractivity contribution in [3.8, 4) is 0 Å². The van der Waals surface area contributed by atoms with E-state index in [9.17, 15) is 9.59 Å². The van der Waals surface area contributed by atoms with Gasteiger partial charge in [0.05, 0.1) is 28.5 Å². The van der Waals surface area contributed by atoms with Crippen molar-refractivity contribution in [2.75, 3.05) is 0 Å². The first-order valence-electron chi connectivity index (χ1n) is 12.7. The number of hydrogen-bond acceptors (Lipinski definition) is 5. The van der Waals surface area contributed by atoms with Crippen molar-refractivity contribution < 1.29 is 14.7 Å². The molecule has 3 aromatic rings. The zero-order valence-corrected chi connectivity index (χ0v) is 20.2. The van der Waals surface area contributed by atoms with Crippen molar-refractivity contribution >= 4 is 28.5 Å². The summed E-state index contributed by atoms with van der Waals surface area (Å²) in [6.07, 6.45) is 15.1. The molecule has 1 aromatic carbocycles. The van der Waals surface area contributed by atoms with E-state index < -0.39 is 5.97 Å². The van der Waals surface area contributed by atoms with Crippen LogP contribution in [0.25, 0.3) is 16.6 Å². The molecule has 7 nitrogen and oxygen atoms in total. The number of amides is 1. The zero-order chi connectivity index (χ0) is 24.9. The van der Waals surface area contributed by atoms with E-state index in [0.717, 1.165) is 65.8 Å². The number of nitrogens with zero attached hydrogens (tertiary/aromatic N) is 3. The Morgan fingerprint density at radius 3 is 2.83 bits per heavy atom. The summed E-state index contributed by atoms with van der Waals surface area (Å²) in [5, 5.41) is 12.2. The first kappa shape index (κ1) is 23.9. The number of fused-ring (bicyclic) bond motifs is 2. The van der Waals surface area contributed by atoms with Gasteiger partial charge >= 0.3 is 5.97 Å². The second-order valence-electron chi connectivity index (χ2n) is 9.42. The number of aryl methyl sites for hydroxylation is 2. The largest absolute Gasteiger partial charge is 0.481 e. The molecule has 7 heteroatoms. The minimum absolute atomic E-state index is 0.0473. The number of carbonyl (C=O) groups excluding carboxylic acids is 1. The maximum absolute atomic E-state index is 13.2. The van der Waals surface area contributed by atoms with Crippen LogP contribution in [0.1, 0.15) is 84.0 Å². The Labute approximate surface area is 210 Å². The second-order valence-corrected chi connectivity index (χ2v) is 9.42. The van der Waals surface area contributed by atoms with Gasteiger partial charge in [0, 0.05) is 23.9 Å². The summed E-state index contributed by atoms with van der Waals surface area (Å²) in [6, 6.07) is 9.39. The lowest BCUT2D eigenvalue weighted by atomic mass is 9.91. The number of allylic oxidation sites excluding steroid dienone is 4. The van der Waals surface area contributed by atoms with Crippen LogP contribution in [-0.4, -0.2) is 31.9 Å². The highest BCUT2D eigenvalue weighted by atomic mass is 16.4. The third-order valence-electron chi connectivity index (χ3n) is 6.83. The van der Waals surface area contributed by atoms with Crippen LogP contribution in [0.15, 0.2) is 54.8 Å². The molecule has 0 spiro atoms. The number of hydrogen-bond donors (Lipinski definition) is 2. The lowest BCUT2D eigenvalue weighted by Crippen LogP contribution is -2.31. The average Bonchev–Trinajstić information content (AvgIpc) is 2.91. The molecule has 0 radical (unpaired) electrons. The van der Waals surface area contributed by atoms with Crippen molar-refractivity contribution in [1.29, 1.82) is 0 Å². The van der Waals surface area contributed by atoms with Crippen molar-refractivity contribution in [2.45, 2.75) is 63.8 Å². The molecule has 2 aromatic heterocycles. The van der Waals surface area contributed by atoms with E-state index in [1.807, 2.05) is 18.2 Å². The van der Waals surface area contributed by atoms with Crippen molar-refractivity contribution in [3.05, 3.63) is 83.0 Å². The normalized spacial score (nSPS) is 16.9. The Kier molecular flexibility index (Phi) is 7.16. The van der Waals surface area contributed by atoms with Crippen LogP contribution in [0.4, 0.5) is 0 Å². The lowest BCUT2D eigenvalue weighted by Gasteiger charge is -2.25. The summed E-state index contributed by atoms with van der Waals surface area (Å²) in [5.74, 6) is -0.921. The van der Waals surface area contributed by atoms with E-state index in [0.29, 0.717) is 30.3 Å². The van der Waals surface area contributed by atoms with Gasteiger partial charge in [-0.15, -0.1) is 0 Å². The monoisotopic (exact) mass is 482 g/mol. The summed E-state index contributed by atoms with van der Waals surface area (Å²) >= 11 is 0. The maximum atomic E-state index is 13.2. The first-order chi connectivity index (χ1) is 17.6. The number of unbranched alkanes of at least 4 members (excludes halogenated alkanes) is 1. The molecule has 1 amide bonds. The SMILES string of the molecule is O=C(O)CCCCc1nc2cc(C(=O)N[C@H]3CCCc4ncccc43)ccc2nc1C1=CCCC=C1. The summed E-state index contributed by atoms with van der Waals surface area (Å²) in [4.78, 5) is 38.4. The molecule has 1 atom stereocenters. The third kappa shape index (κ3) is 5.35. The molecule has 0 saturated carbocycles. The molecule has 0 unspecified atom stereocenters. The number of carboxylic acids is 1. The second kappa shape index (κ2) is 10.8. The maximum Gasteiger partial charge on any atom is 0.303 e. The van der Waals surface area contributed by atoms with E-state index in [4.69, 9.17) is 15.1 Å². The van der Waals surface area contributed by atoms with Crippen LogP contribution in [-0.2, 0) is 17.6 Å². The average molecular weight is 483 g/mol. The number of carboxylic acid groups (broad SMARTS) is 1. The zero-order valence-electron chi connectivity index (χ0n) is 20.2. The van der Waals surface area contributed by atoms with E-state index in [2.05, 4.69) is 28.5 Å². The van der Waals surface area contributed by atoms with Crippen LogP contribution in [0.5, 0.6) is 0 Å². The Hall–Kier alpha value is -3.87. The fourth-order valence-corrected chi connectivity index (χ4v) is 4.99. The van der Waals surface area contributed by atoms with Gasteiger partial charge in [0.15, 0.2) is 0 Å². The van der Waals surface area contributed by atoms with Crippen LogP contribution in [0.3, 0.4) is 0 Å². The quantitative estimate of drug-likeness (QED) is 0.419. The van der Waals surface area contributed by atoms with Gasteiger partial charge in [0.25, 0.3) is 5.91 Å². The Balaban J connectivity index is 1.41. The Bertz CT molecular complexity index is 1360. The van der Waals surface area contributed by atoms with E-state index in [-0.39, 0.29) is 18.4 Å². The standard InChI is InChI=1S/C29H30N4O3/c34-27(35)14-5-4-11-25-28(19-8-2-1-3-9-19)32-24-16-15-20(18-26(24)31-25)29(36)33-23-13-6-12-22-21(23)10-7-17-30-22/h2,7-10,15-18,23H,1,3-6,11-14H2,(H,33,36)(H,34,35)/t23-/m0/s1. The highest BCUT2D eigenvalue weighted by Gasteiger charge is 2.23. The summed E-state index contributed by atoms with van der Waals surface area (Å²) < 4.78 is 0. The highest BCUT2D eigenvalue weighted by Crippen LogP contribution is 2.29. The minimum Gasteiger partial charge on any atom is -0.481 e. The third-order valence-corrected chi connectivity index (χ3v) is 6.83. The van der Waals surface area contributed by atoms with Gasteiger partial charge in [-0.05, 0) is 86.8 Å². The van der Waals surface area contributed by atoms with Crippen molar-refractivity contribution in [2.24, 2.45) is 0 Å². The number of aliphatic carboxylic acids is 1. The number of aromatic nitrogens is 3. The van der Waals surface area contributed by atoms with Gasteiger partial charge in [-0.25, -0.2) is 9.97 Å². The van der Waals surface area contributed by atoms with Gasteiger partial charge in [-0.3, -0.25) is 14.6 Å². The van der Waals surface area contributed by atoms with Gasteiger partial charge in [-0.2, -0.15) is 0 Å². The van der Waals surface area contributed by atoms with Crippen LogP contribution >= 0.6 is 0 Å². The lowest BCUT2D eigenvalue weighted by molar-refractivity contribution is -0.137. The molecule has 0 saturated heterocycles. The molecule has 2 aliphatic rings. The van der Waals surface area contributed by atoms with Crippen LogP contribution in [0, 0.1) is 0 Å². The summed E-state index contributed by atoms with van der Waals surface area (Å²) in [5.41, 5.74) is 6.86. The smallest absolute Gasteiger partial charge is 0.303 e. The summed E-state index contributed by atoms with van der Waals surface area (Å²) in [7, 11) is 0. The predicted molar refractivity (Wildman–Crippen MR) is 138 cm³/mol. The molecule has 2 heterocycles. The molecule has 2 aliphatic carbocycles. The topological polar surface area (TPSA) is 105 Å². The number of nitrogens with one attached hydrogen (secondary N) is 1. The molecule has 5 rings (SSSR count). The fourth-order valence-electron chi connectivity index (χ4n) is 4.99. The number of rotatable bonds is 8.